The molecule has 1 saturated heterocycles. The smallest absolute Gasteiger partial charge is 0.322 e. The molecule has 0 saturated carbocycles. The molecule has 4 N–H and O–H groups in total. The van der Waals surface area contributed by atoms with Crippen molar-refractivity contribution in [2.24, 2.45) is 0 Å². The molecule has 4 aromatic rings. The lowest BCUT2D eigenvalue weighted by Crippen LogP contribution is -2.47. The molecule has 1 fully saturated rings. The summed E-state index contributed by atoms with van der Waals surface area (Å²) >= 11 is 1.48. The van der Waals surface area contributed by atoms with Gasteiger partial charge in [-0.3, -0.25) is 14.9 Å². The van der Waals surface area contributed by atoms with Crippen LogP contribution in [0.1, 0.15) is 5.56 Å². The second-order valence-corrected chi connectivity index (χ2v) is 9.93. The Hall–Kier alpha value is -4.44. The van der Waals surface area contributed by atoms with E-state index in [1.165, 1.54) is 11.8 Å². The first-order valence-electron chi connectivity index (χ1n) is 11.5. The van der Waals surface area contributed by atoms with E-state index in [0.717, 1.165) is 27.1 Å². The fourth-order valence-electron chi connectivity index (χ4n) is 4.90. The number of amides is 4. The zero-order valence-corrected chi connectivity index (χ0v) is 20.5. The van der Waals surface area contributed by atoms with Crippen molar-refractivity contribution in [1.82, 2.24) is 15.2 Å². The van der Waals surface area contributed by atoms with Crippen LogP contribution in [0.4, 0.5) is 10.5 Å². The number of ether oxygens (including phenoxy) is 1. The Morgan fingerprint density at radius 2 is 1.86 bits per heavy atom. The van der Waals surface area contributed by atoms with Crippen LogP contribution >= 0.6 is 11.8 Å². The average molecular weight is 515 g/mol. The number of anilines is 1. The van der Waals surface area contributed by atoms with Crippen LogP contribution in [-0.4, -0.2) is 40.4 Å². The molecule has 4 amide bonds. The van der Waals surface area contributed by atoms with Crippen molar-refractivity contribution in [2.75, 3.05) is 18.2 Å². The molecule has 10 heteroatoms. The number of imide groups is 1. The van der Waals surface area contributed by atoms with Crippen molar-refractivity contribution in [3.63, 3.8) is 0 Å². The van der Waals surface area contributed by atoms with E-state index >= 15 is 0 Å². The summed E-state index contributed by atoms with van der Waals surface area (Å²) in [4.78, 5) is 38.2. The Balaban J connectivity index is 1.39. The van der Waals surface area contributed by atoms with Crippen LogP contribution in [0, 0.1) is 0 Å². The van der Waals surface area contributed by atoms with Crippen LogP contribution in [0.2, 0.25) is 0 Å². The number of carbonyl (C=O) groups excluding carboxylic acids is 3. The molecule has 1 aromatic heterocycles. The van der Waals surface area contributed by atoms with E-state index in [2.05, 4.69) is 16.0 Å². The molecule has 0 radical (unpaired) electrons. The molecule has 0 aliphatic carbocycles. The van der Waals surface area contributed by atoms with E-state index in [1.807, 2.05) is 36.4 Å². The Morgan fingerprint density at radius 3 is 2.59 bits per heavy atom. The van der Waals surface area contributed by atoms with Crippen molar-refractivity contribution < 1.29 is 24.2 Å². The molecule has 0 unspecified atom stereocenters. The highest BCUT2D eigenvalue weighted by molar-refractivity contribution is 8.00. The van der Waals surface area contributed by atoms with Crippen molar-refractivity contribution in [3.05, 3.63) is 72.4 Å². The Bertz CT molecular complexity index is 1600. The first-order valence-corrected chi connectivity index (χ1v) is 12.5. The topological polar surface area (TPSA) is 122 Å². The fraction of sp³-hybridized carbons (Fsp3) is 0.148. The van der Waals surface area contributed by atoms with Gasteiger partial charge in [-0.25, -0.2) is 4.79 Å². The lowest BCUT2D eigenvalue weighted by molar-refractivity contribution is -0.124. The highest BCUT2D eigenvalue weighted by Gasteiger charge is 2.48. The maximum Gasteiger partial charge on any atom is 0.322 e. The number of hydrogen-bond acceptors (Lipinski definition) is 6. The number of fused-ring (bicyclic) bond motifs is 2. The van der Waals surface area contributed by atoms with Gasteiger partial charge in [0.2, 0.25) is 5.91 Å². The zero-order chi connectivity index (χ0) is 25.7. The SMILES string of the molecule is COc1ccc2cn(C[C@@]3(c4ccc(-c5cccc6c5SCC(=O)N6)cc4)NC(=O)NC3=O)c(O)c2c1. The quantitative estimate of drug-likeness (QED) is 0.301. The zero-order valence-electron chi connectivity index (χ0n) is 19.7. The van der Waals surface area contributed by atoms with Gasteiger partial charge < -0.3 is 25.0 Å². The minimum Gasteiger partial charge on any atom is -0.497 e. The molecule has 0 bridgehead atoms. The van der Waals surface area contributed by atoms with E-state index in [4.69, 9.17) is 4.74 Å². The average Bonchev–Trinajstić information content (AvgIpc) is 3.37. The van der Waals surface area contributed by atoms with Gasteiger partial charge in [-0.15, -0.1) is 11.8 Å². The summed E-state index contributed by atoms with van der Waals surface area (Å²) in [6, 6.07) is 17.8. The number of thioether (sulfide) groups is 1. The number of methoxy groups -OCH3 is 1. The Labute approximate surface area is 215 Å². The number of nitrogens with zero attached hydrogens (tertiary/aromatic N) is 1. The first kappa shape index (κ1) is 23.0. The van der Waals surface area contributed by atoms with Crippen LogP contribution in [-0.2, 0) is 21.7 Å². The van der Waals surface area contributed by atoms with Crippen molar-refractivity contribution >= 4 is 46.1 Å². The molecular weight excluding hydrogens is 492 g/mol. The number of urea groups is 1. The van der Waals surface area contributed by atoms with Gasteiger partial charge in [0, 0.05) is 21.9 Å². The van der Waals surface area contributed by atoms with Gasteiger partial charge in [-0.05, 0) is 41.0 Å². The molecule has 3 heterocycles. The molecule has 2 aliphatic rings. The predicted octanol–water partition coefficient (Wildman–Crippen LogP) is 3.80. The summed E-state index contributed by atoms with van der Waals surface area (Å²) < 4.78 is 6.82. The number of aromatic hydroxyl groups is 1. The van der Waals surface area contributed by atoms with E-state index in [-0.39, 0.29) is 18.3 Å². The third-order valence-electron chi connectivity index (χ3n) is 6.74. The van der Waals surface area contributed by atoms with Gasteiger partial charge in [0.25, 0.3) is 5.91 Å². The third-order valence-corrected chi connectivity index (χ3v) is 7.88. The van der Waals surface area contributed by atoms with Crippen LogP contribution in [0.5, 0.6) is 11.6 Å². The van der Waals surface area contributed by atoms with Crippen molar-refractivity contribution in [2.45, 2.75) is 17.0 Å². The summed E-state index contributed by atoms with van der Waals surface area (Å²) in [6.07, 6.45) is 1.74. The standard InChI is InChI=1S/C27H22N4O5S/c1-36-18-10-7-16-12-31(24(33)20(16)11-18)14-27(25(34)29-26(35)30-27)17-8-5-15(6-9-17)19-3-2-4-21-23(19)37-13-22(32)28-21/h2-12,33H,13-14H2,1H3,(H,28,32)(H2,29,30,34,35)/t27-/m0/s1. The summed E-state index contributed by atoms with van der Waals surface area (Å²) in [6.45, 7) is -0.0185. The molecule has 6 rings (SSSR count). The molecular formula is C27H22N4O5S. The van der Waals surface area contributed by atoms with Gasteiger partial charge in [0.05, 0.1) is 25.1 Å². The second-order valence-electron chi connectivity index (χ2n) is 8.94. The molecule has 3 aromatic carbocycles. The predicted molar refractivity (Wildman–Crippen MR) is 140 cm³/mol. The molecule has 186 valence electrons. The monoisotopic (exact) mass is 514 g/mol. The van der Waals surface area contributed by atoms with Crippen molar-refractivity contribution in [3.8, 4) is 22.8 Å². The van der Waals surface area contributed by atoms with E-state index in [9.17, 15) is 19.5 Å². The van der Waals surface area contributed by atoms with E-state index in [1.54, 1.807) is 42.1 Å². The van der Waals surface area contributed by atoms with Crippen LogP contribution in [0.25, 0.3) is 21.9 Å². The highest BCUT2D eigenvalue weighted by Crippen LogP contribution is 2.41. The number of hydrogen-bond donors (Lipinski definition) is 4. The number of rotatable bonds is 5. The van der Waals surface area contributed by atoms with Crippen molar-refractivity contribution in [1.29, 1.82) is 0 Å². The summed E-state index contributed by atoms with van der Waals surface area (Å²) in [5.41, 5.74) is 1.79. The maximum absolute atomic E-state index is 13.2. The first-order chi connectivity index (χ1) is 17.9. The van der Waals surface area contributed by atoms with Gasteiger partial charge in [0.15, 0.2) is 11.4 Å². The minimum absolute atomic E-state index is 0.0185. The molecule has 37 heavy (non-hydrogen) atoms. The Kier molecular flexibility index (Phi) is 5.34. The number of aromatic nitrogens is 1. The number of benzene rings is 3. The Morgan fingerprint density at radius 1 is 1.05 bits per heavy atom. The number of carbonyl (C=O) groups is 3. The van der Waals surface area contributed by atoms with Gasteiger partial charge in [-0.1, -0.05) is 36.4 Å². The molecule has 0 spiro atoms. The van der Waals surface area contributed by atoms with Crippen LogP contribution < -0.4 is 20.7 Å². The normalized spacial score (nSPS) is 18.8. The minimum atomic E-state index is -1.43. The highest BCUT2D eigenvalue weighted by atomic mass is 32.2. The lowest BCUT2D eigenvalue weighted by atomic mass is 9.88. The summed E-state index contributed by atoms with van der Waals surface area (Å²) in [5, 5.41) is 20.3. The lowest BCUT2D eigenvalue weighted by Gasteiger charge is -2.28. The van der Waals surface area contributed by atoms with Gasteiger partial charge in [-0.2, -0.15) is 0 Å². The van der Waals surface area contributed by atoms with Gasteiger partial charge in [0.1, 0.15) is 5.75 Å². The van der Waals surface area contributed by atoms with Gasteiger partial charge >= 0.3 is 6.03 Å². The molecule has 9 nitrogen and oxygen atoms in total. The summed E-state index contributed by atoms with van der Waals surface area (Å²) in [5.74, 6) is 0.370. The molecule has 2 aliphatic heterocycles. The molecule has 1 atom stereocenters. The van der Waals surface area contributed by atoms with Crippen LogP contribution in [0.15, 0.2) is 71.8 Å². The van der Waals surface area contributed by atoms with E-state index < -0.39 is 17.5 Å². The number of nitrogens with one attached hydrogen (secondary N) is 3. The second kappa shape index (κ2) is 8.59. The third kappa shape index (κ3) is 3.77. The maximum atomic E-state index is 13.2. The fourth-order valence-corrected chi connectivity index (χ4v) is 5.87. The van der Waals surface area contributed by atoms with Crippen LogP contribution in [0.3, 0.4) is 0 Å². The largest absolute Gasteiger partial charge is 0.497 e. The summed E-state index contributed by atoms with van der Waals surface area (Å²) in [7, 11) is 1.55. The van der Waals surface area contributed by atoms with E-state index in [0.29, 0.717) is 22.5 Å².